The summed E-state index contributed by atoms with van der Waals surface area (Å²) >= 11 is 9.33. The maximum Gasteiger partial charge on any atom is 0.150 e. The van der Waals surface area contributed by atoms with Gasteiger partial charge in [-0.25, -0.2) is 0 Å². The largest absolute Gasteiger partial charge is 0.454 e. The second kappa shape index (κ2) is 4.76. The summed E-state index contributed by atoms with van der Waals surface area (Å²) in [6, 6.07) is 12.7. The first kappa shape index (κ1) is 11.3. The van der Waals surface area contributed by atoms with Gasteiger partial charge in [-0.2, -0.15) is 0 Å². The Morgan fingerprint density at radius 3 is 2.44 bits per heavy atom. The number of hydrogen-bond acceptors (Lipinski definition) is 2. The number of ether oxygens (including phenoxy) is 1. The summed E-state index contributed by atoms with van der Waals surface area (Å²) in [4.78, 5) is 0. The fraction of sp³-hybridized carbons (Fsp3) is 0. The van der Waals surface area contributed by atoms with Crippen molar-refractivity contribution in [1.29, 1.82) is 0 Å². The Balaban J connectivity index is 2.35. The molecule has 2 aromatic carbocycles. The van der Waals surface area contributed by atoms with E-state index in [4.69, 9.17) is 22.1 Å². The highest BCUT2D eigenvalue weighted by molar-refractivity contribution is 9.10. The number of nitrogens with two attached hydrogens (primary N) is 1. The molecule has 0 saturated carbocycles. The summed E-state index contributed by atoms with van der Waals surface area (Å²) in [7, 11) is 0. The van der Waals surface area contributed by atoms with E-state index in [9.17, 15) is 0 Å². The van der Waals surface area contributed by atoms with Gasteiger partial charge in [0, 0.05) is 0 Å². The smallest absolute Gasteiger partial charge is 0.150 e. The van der Waals surface area contributed by atoms with Crippen LogP contribution in [0, 0.1) is 0 Å². The zero-order chi connectivity index (χ0) is 11.5. The summed E-state index contributed by atoms with van der Waals surface area (Å²) in [6.07, 6.45) is 0. The van der Waals surface area contributed by atoms with Crippen LogP contribution in [0.25, 0.3) is 0 Å². The maximum atomic E-state index is 5.96. The van der Waals surface area contributed by atoms with E-state index in [0.29, 0.717) is 22.2 Å². The first-order chi connectivity index (χ1) is 7.68. The molecule has 0 spiro atoms. The van der Waals surface area contributed by atoms with Gasteiger partial charge in [0.25, 0.3) is 0 Å². The van der Waals surface area contributed by atoms with E-state index < -0.39 is 0 Å². The molecule has 0 unspecified atom stereocenters. The average Bonchev–Trinajstić information content (AvgIpc) is 2.28. The van der Waals surface area contributed by atoms with Crippen LogP contribution in [0.2, 0.25) is 5.02 Å². The van der Waals surface area contributed by atoms with Gasteiger partial charge in [0.2, 0.25) is 0 Å². The zero-order valence-electron chi connectivity index (χ0n) is 8.28. The molecule has 16 heavy (non-hydrogen) atoms. The molecule has 2 aromatic rings. The summed E-state index contributed by atoms with van der Waals surface area (Å²) in [6.45, 7) is 0. The molecule has 2 rings (SSSR count). The number of anilines is 1. The molecule has 2 nitrogen and oxygen atoms in total. The average molecular weight is 299 g/mol. The fourth-order valence-electron chi connectivity index (χ4n) is 1.25. The molecule has 2 N–H and O–H groups in total. The summed E-state index contributed by atoms with van der Waals surface area (Å²) < 4.78 is 6.39. The number of halogens is 2. The lowest BCUT2D eigenvalue weighted by Gasteiger charge is -2.10. The van der Waals surface area contributed by atoms with E-state index in [1.165, 1.54) is 0 Å². The molecule has 0 aromatic heterocycles. The lowest BCUT2D eigenvalue weighted by atomic mass is 10.3. The van der Waals surface area contributed by atoms with Crippen molar-refractivity contribution < 1.29 is 4.74 Å². The molecule has 0 saturated heterocycles. The van der Waals surface area contributed by atoms with Crippen LogP contribution < -0.4 is 10.5 Å². The molecule has 0 aliphatic carbocycles. The van der Waals surface area contributed by atoms with E-state index in [1.54, 1.807) is 12.1 Å². The Kier molecular flexibility index (Phi) is 3.36. The van der Waals surface area contributed by atoms with Crippen LogP contribution in [-0.4, -0.2) is 0 Å². The van der Waals surface area contributed by atoms with Crippen LogP contribution in [0.5, 0.6) is 11.5 Å². The van der Waals surface area contributed by atoms with E-state index in [-0.39, 0.29) is 0 Å². The number of benzene rings is 2. The van der Waals surface area contributed by atoms with Gasteiger partial charge in [-0.3, -0.25) is 0 Å². The normalized spacial score (nSPS) is 10.1. The lowest BCUT2D eigenvalue weighted by molar-refractivity contribution is 0.482. The molecule has 0 heterocycles. The maximum absolute atomic E-state index is 5.96. The Bertz CT molecular complexity index is 516. The minimum atomic E-state index is 0.592. The van der Waals surface area contributed by atoms with Crippen molar-refractivity contribution in [2.24, 2.45) is 0 Å². The standard InChI is InChI=1S/C12H9BrClNO/c13-12-8(14)4-3-7-11(12)16-10-6-2-1-5-9(10)15/h1-7H,15H2. The SMILES string of the molecule is Nc1ccccc1Oc1cccc(Cl)c1Br. The highest BCUT2D eigenvalue weighted by atomic mass is 79.9. The van der Waals surface area contributed by atoms with Gasteiger partial charge in [-0.1, -0.05) is 29.8 Å². The van der Waals surface area contributed by atoms with Crippen LogP contribution in [0.1, 0.15) is 0 Å². The van der Waals surface area contributed by atoms with E-state index in [2.05, 4.69) is 15.9 Å². The van der Waals surface area contributed by atoms with Crippen molar-refractivity contribution in [2.45, 2.75) is 0 Å². The number of rotatable bonds is 2. The quantitative estimate of drug-likeness (QED) is 0.830. The topological polar surface area (TPSA) is 35.2 Å². The first-order valence-electron chi connectivity index (χ1n) is 4.65. The third-order valence-corrected chi connectivity index (χ3v) is 3.42. The van der Waals surface area contributed by atoms with E-state index in [0.717, 1.165) is 4.47 Å². The minimum absolute atomic E-state index is 0.592. The molecule has 0 amide bonds. The van der Waals surface area contributed by atoms with Crippen LogP contribution in [0.4, 0.5) is 5.69 Å². The highest BCUT2D eigenvalue weighted by Gasteiger charge is 2.07. The minimum Gasteiger partial charge on any atom is -0.454 e. The molecule has 4 heteroatoms. The third kappa shape index (κ3) is 2.31. The predicted octanol–water partition coefficient (Wildman–Crippen LogP) is 4.48. The van der Waals surface area contributed by atoms with Crippen molar-refractivity contribution in [3.8, 4) is 11.5 Å². The van der Waals surface area contributed by atoms with Crippen LogP contribution in [0.3, 0.4) is 0 Å². The second-order valence-corrected chi connectivity index (χ2v) is 4.39. The first-order valence-corrected chi connectivity index (χ1v) is 5.82. The van der Waals surface area contributed by atoms with Crippen molar-refractivity contribution in [1.82, 2.24) is 0 Å². The second-order valence-electron chi connectivity index (χ2n) is 3.19. The van der Waals surface area contributed by atoms with Gasteiger partial charge in [-0.05, 0) is 40.2 Å². The molecule has 82 valence electrons. The van der Waals surface area contributed by atoms with E-state index >= 15 is 0 Å². The fourth-order valence-corrected chi connectivity index (χ4v) is 1.77. The Labute approximate surface area is 107 Å². The molecular formula is C12H9BrClNO. The Morgan fingerprint density at radius 1 is 1.00 bits per heavy atom. The number of nitrogen functional groups attached to an aromatic ring is 1. The van der Waals surface area contributed by atoms with Crippen LogP contribution >= 0.6 is 27.5 Å². The third-order valence-electron chi connectivity index (χ3n) is 2.06. The molecular weight excluding hydrogens is 289 g/mol. The van der Waals surface area contributed by atoms with Crippen molar-refractivity contribution >= 4 is 33.2 Å². The monoisotopic (exact) mass is 297 g/mol. The number of para-hydroxylation sites is 2. The van der Waals surface area contributed by atoms with Gasteiger partial charge >= 0.3 is 0 Å². The summed E-state index contributed by atoms with van der Waals surface area (Å²) in [5.41, 5.74) is 6.38. The Hall–Kier alpha value is -1.19. The molecule has 0 radical (unpaired) electrons. The van der Waals surface area contributed by atoms with Crippen molar-refractivity contribution in [3.63, 3.8) is 0 Å². The summed E-state index contributed by atoms with van der Waals surface area (Å²) in [5, 5.41) is 0.604. The molecule has 0 aliphatic heterocycles. The van der Waals surface area contributed by atoms with Gasteiger partial charge in [0.1, 0.15) is 11.5 Å². The zero-order valence-corrected chi connectivity index (χ0v) is 10.6. The van der Waals surface area contributed by atoms with Crippen molar-refractivity contribution in [2.75, 3.05) is 5.73 Å². The van der Waals surface area contributed by atoms with Gasteiger partial charge in [0.05, 0.1) is 15.2 Å². The predicted molar refractivity (Wildman–Crippen MR) is 70.1 cm³/mol. The van der Waals surface area contributed by atoms with Gasteiger partial charge in [0.15, 0.2) is 0 Å². The van der Waals surface area contributed by atoms with E-state index in [1.807, 2.05) is 30.3 Å². The molecule has 0 aliphatic rings. The lowest BCUT2D eigenvalue weighted by Crippen LogP contribution is -1.92. The van der Waals surface area contributed by atoms with Gasteiger partial charge in [-0.15, -0.1) is 0 Å². The van der Waals surface area contributed by atoms with Crippen molar-refractivity contribution in [3.05, 3.63) is 52.0 Å². The van der Waals surface area contributed by atoms with Crippen LogP contribution in [-0.2, 0) is 0 Å². The summed E-state index contributed by atoms with van der Waals surface area (Å²) in [5.74, 6) is 1.26. The molecule has 0 fully saturated rings. The Morgan fingerprint density at radius 2 is 1.69 bits per heavy atom. The highest BCUT2D eigenvalue weighted by Crippen LogP contribution is 2.36. The molecule has 0 atom stereocenters. The molecule has 0 bridgehead atoms. The van der Waals surface area contributed by atoms with Crippen LogP contribution in [0.15, 0.2) is 46.9 Å². The number of hydrogen-bond donors (Lipinski definition) is 1. The van der Waals surface area contributed by atoms with Gasteiger partial charge < -0.3 is 10.5 Å².